The molecule has 1 atom stereocenters. The fourth-order valence-electron chi connectivity index (χ4n) is 2.30. The largest absolute Gasteiger partial charge is 0.479 e. The van der Waals surface area contributed by atoms with Gasteiger partial charge in [0.05, 0.1) is 21.2 Å². The third-order valence-corrected chi connectivity index (χ3v) is 5.90. The van der Waals surface area contributed by atoms with E-state index in [1.165, 1.54) is 36.4 Å². The number of carbonyl (C=O) groups excluding carboxylic acids is 1. The van der Waals surface area contributed by atoms with Gasteiger partial charge in [0.2, 0.25) is 10.0 Å². The van der Waals surface area contributed by atoms with Gasteiger partial charge in [-0.05, 0) is 43.3 Å². The lowest BCUT2D eigenvalue weighted by atomic mass is 10.2. The molecule has 1 amide bonds. The minimum Gasteiger partial charge on any atom is -0.479 e. The number of amides is 1. The molecule has 1 aliphatic rings. The molecule has 0 bridgehead atoms. The Kier molecular flexibility index (Phi) is 4.38. The molecule has 0 unspecified atom stereocenters. The Morgan fingerprint density at radius 2 is 1.77 bits per heavy atom. The fraction of sp³-hybridized carbons (Fsp3) is 0.133. The van der Waals surface area contributed by atoms with E-state index in [-0.39, 0.29) is 21.4 Å². The van der Waals surface area contributed by atoms with Gasteiger partial charge in [0.1, 0.15) is 5.75 Å². The van der Waals surface area contributed by atoms with Crippen LogP contribution in [0.4, 0.5) is 11.4 Å². The third kappa shape index (κ3) is 3.64. The maximum Gasteiger partial charge on any atom is 0.265 e. The minimum atomic E-state index is -4.07. The Balaban J connectivity index is 1.91. The standard InChI is InChI=1S/C15H15N3O6S2/c1-9-15(19)17-13-7-10(5-6-14(13)24-9)18-26(22,23)12-4-2-3-11(8-12)25(16,20)21/h2-9,18H,1H3,(H,17,19)(H2,16,20,21)/t9-/m1/s1. The second kappa shape index (κ2) is 6.27. The predicted octanol–water partition coefficient (Wildman–Crippen LogP) is 0.854. The van der Waals surface area contributed by atoms with Gasteiger partial charge < -0.3 is 10.1 Å². The number of anilines is 2. The van der Waals surface area contributed by atoms with Crippen molar-refractivity contribution in [3.8, 4) is 5.75 Å². The molecular formula is C15H15N3O6S2. The lowest BCUT2D eigenvalue weighted by molar-refractivity contribution is -0.122. The summed E-state index contributed by atoms with van der Waals surface area (Å²) >= 11 is 0. The van der Waals surface area contributed by atoms with Crippen LogP contribution in [0.15, 0.2) is 52.3 Å². The second-order valence-corrected chi connectivity index (χ2v) is 8.83. The number of nitrogens with two attached hydrogens (primary N) is 1. The van der Waals surface area contributed by atoms with Gasteiger partial charge in [-0.3, -0.25) is 9.52 Å². The molecule has 1 aliphatic heterocycles. The summed E-state index contributed by atoms with van der Waals surface area (Å²) in [4.78, 5) is 11.1. The smallest absolute Gasteiger partial charge is 0.265 e. The van der Waals surface area contributed by atoms with Crippen LogP contribution < -0.4 is 19.9 Å². The molecule has 0 aliphatic carbocycles. The van der Waals surface area contributed by atoms with Crippen LogP contribution in [0, 0.1) is 0 Å². The Morgan fingerprint density at radius 3 is 2.46 bits per heavy atom. The van der Waals surface area contributed by atoms with E-state index in [4.69, 9.17) is 9.88 Å². The third-order valence-electron chi connectivity index (χ3n) is 3.61. The number of carbonyl (C=O) groups is 1. The van der Waals surface area contributed by atoms with Gasteiger partial charge in [-0.1, -0.05) is 6.07 Å². The molecular weight excluding hydrogens is 382 g/mol. The highest BCUT2D eigenvalue weighted by Gasteiger charge is 2.24. The molecule has 0 fully saturated rings. The summed E-state index contributed by atoms with van der Waals surface area (Å²) < 4.78 is 55.5. The SMILES string of the molecule is C[C@H]1Oc2ccc(NS(=O)(=O)c3cccc(S(N)(=O)=O)c3)cc2NC1=O. The van der Waals surface area contributed by atoms with E-state index in [0.717, 1.165) is 6.07 Å². The monoisotopic (exact) mass is 397 g/mol. The molecule has 9 nitrogen and oxygen atoms in total. The number of nitrogens with one attached hydrogen (secondary N) is 2. The van der Waals surface area contributed by atoms with E-state index in [1.54, 1.807) is 6.92 Å². The number of primary sulfonamides is 1. The zero-order valence-electron chi connectivity index (χ0n) is 13.5. The molecule has 0 radical (unpaired) electrons. The molecule has 0 saturated carbocycles. The molecule has 26 heavy (non-hydrogen) atoms. The number of hydrogen-bond acceptors (Lipinski definition) is 6. The van der Waals surface area contributed by atoms with Crippen molar-refractivity contribution in [3.63, 3.8) is 0 Å². The van der Waals surface area contributed by atoms with Gasteiger partial charge in [0.25, 0.3) is 15.9 Å². The molecule has 2 aromatic rings. The summed E-state index contributed by atoms with van der Waals surface area (Å²) in [5, 5.41) is 7.63. The summed E-state index contributed by atoms with van der Waals surface area (Å²) in [5.74, 6) is 0.0645. The first-order valence-corrected chi connectivity index (χ1v) is 10.4. The number of rotatable bonds is 4. The van der Waals surface area contributed by atoms with Gasteiger partial charge in [-0.2, -0.15) is 0 Å². The minimum absolute atomic E-state index is 0.170. The summed E-state index contributed by atoms with van der Waals surface area (Å²) in [6.07, 6.45) is -0.647. The number of benzene rings is 2. The van der Waals surface area contributed by atoms with Crippen LogP contribution in [-0.2, 0) is 24.8 Å². The molecule has 0 saturated heterocycles. The van der Waals surface area contributed by atoms with Crippen LogP contribution >= 0.6 is 0 Å². The van der Waals surface area contributed by atoms with E-state index < -0.39 is 26.2 Å². The van der Waals surface area contributed by atoms with Crippen molar-refractivity contribution in [1.29, 1.82) is 0 Å². The van der Waals surface area contributed by atoms with Crippen molar-refractivity contribution in [3.05, 3.63) is 42.5 Å². The van der Waals surface area contributed by atoms with E-state index in [2.05, 4.69) is 10.0 Å². The first-order valence-electron chi connectivity index (χ1n) is 7.33. The number of fused-ring (bicyclic) bond motifs is 1. The molecule has 3 rings (SSSR count). The number of sulfonamides is 2. The average molecular weight is 397 g/mol. The summed E-state index contributed by atoms with van der Waals surface area (Å²) in [6.45, 7) is 1.59. The molecule has 138 valence electrons. The van der Waals surface area contributed by atoms with Crippen molar-refractivity contribution in [2.24, 2.45) is 5.14 Å². The van der Waals surface area contributed by atoms with Crippen LogP contribution in [0.1, 0.15) is 6.92 Å². The van der Waals surface area contributed by atoms with Gasteiger partial charge >= 0.3 is 0 Å². The van der Waals surface area contributed by atoms with Crippen LogP contribution in [0.3, 0.4) is 0 Å². The highest BCUT2D eigenvalue weighted by Crippen LogP contribution is 2.33. The highest BCUT2D eigenvalue weighted by atomic mass is 32.2. The van der Waals surface area contributed by atoms with E-state index in [1.807, 2.05) is 0 Å². The quantitative estimate of drug-likeness (QED) is 0.697. The van der Waals surface area contributed by atoms with Crippen molar-refractivity contribution in [2.45, 2.75) is 22.8 Å². The first-order chi connectivity index (χ1) is 12.1. The Bertz CT molecular complexity index is 1100. The maximum atomic E-state index is 12.5. The van der Waals surface area contributed by atoms with Crippen molar-refractivity contribution >= 4 is 37.3 Å². The maximum absolute atomic E-state index is 12.5. The molecule has 0 aromatic heterocycles. The summed E-state index contributed by atoms with van der Waals surface area (Å²) in [6, 6.07) is 9.05. The molecule has 11 heteroatoms. The molecule has 0 spiro atoms. The second-order valence-electron chi connectivity index (χ2n) is 5.59. The van der Waals surface area contributed by atoms with Crippen LogP contribution in [0.2, 0.25) is 0 Å². The van der Waals surface area contributed by atoms with E-state index in [0.29, 0.717) is 11.4 Å². The van der Waals surface area contributed by atoms with Gasteiger partial charge in [-0.15, -0.1) is 0 Å². The normalized spacial score (nSPS) is 17.0. The Morgan fingerprint density at radius 1 is 1.08 bits per heavy atom. The Labute approximate surface area is 150 Å². The van der Waals surface area contributed by atoms with Gasteiger partial charge in [0.15, 0.2) is 6.10 Å². The summed E-state index contributed by atoms with van der Waals surface area (Å²) in [5.41, 5.74) is 0.495. The average Bonchev–Trinajstić information content (AvgIpc) is 2.55. The summed E-state index contributed by atoms with van der Waals surface area (Å²) in [7, 11) is -8.11. The van der Waals surface area contributed by atoms with E-state index in [9.17, 15) is 21.6 Å². The lowest BCUT2D eigenvalue weighted by Gasteiger charge is -2.23. The van der Waals surface area contributed by atoms with Crippen molar-refractivity contribution < 1.29 is 26.4 Å². The predicted molar refractivity (Wildman–Crippen MR) is 93.8 cm³/mol. The first kappa shape index (κ1) is 18.2. The molecule has 4 N–H and O–H groups in total. The van der Waals surface area contributed by atoms with E-state index >= 15 is 0 Å². The zero-order valence-corrected chi connectivity index (χ0v) is 15.1. The Hall–Kier alpha value is -2.63. The van der Waals surface area contributed by atoms with Crippen molar-refractivity contribution in [2.75, 3.05) is 10.0 Å². The fourth-order valence-corrected chi connectivity index (χ4v) is 4.03. The molecule has 1 heterocycles. The highest BCUT2D eigenvalue weighted by molar-refractivity contribution is 7.93. The topological polar surface area (TPSA) is 145 Å². The lowest BCUT2D eigenvalue weighted by Crippen LogP contribution is -2.34. The van der Waals surface area contributed by atoms with Gasteiger partial charge in [-0.25, -0.2) is 22.0 Å². The zero-order chi connectivity index (χ0) is 19.1. The van der Waals surface area contributed by atoms with Crippen LogP contribution in [0.25, 0.3) is 0 Å². The van der Waals surface area contributed by atoms with Crippen LogP contribution in [-0.4, -0.2) is 28.8 Å². The van der Waals surface area contributed by atoms with Crippen LogP contribution in [0.5, 0.6) is 5.75 Å². The molecule has 2 aromatic carbocycles. The van der Waals surface area contributed by atoms with Gasteiger partial charge in [0, 0.05) is 0 Å². The van der Waals surface area contributed by atoms with Crippen molar-refractivity contribution in [1.82, 2.24) is 0 Å². The number of hydrogen-bond donors (Lipinski definition) is 3. The number of ether oxygens (including phenoxy) is 1.